The van der Waals surface area contributed by atoms with Crippen LogP contribution >= 0.6 is 0 Å². The minimum Gasteiger partial charge on any atom is -0.379 e. The van der Waals surface area contributed by atoms with Gasteiger partial charge in [0, 0.05) is 18.9 Å². The number of aromatic nitrogens is 4. The van der Waals surface area contributed by atoms with Crippen molar-refractivity contribution in [3.63, 3.8) is 0 Å². The maximum atomic E-state index is 5.48. The summed E-state index contributed by atoms with van der Waals surface area (Å²) in [6.07, 6.45) is 5.38. The Morgan fingerprint density at radius 1 is 1.00 bits per heavy atom. The number of pyridine rings is 1. The summed E-state index contributed by atoms with van der Waals surface area (Å²) >= 11 is 0. The van der Waals surface area contributed by atoms with Crippen molar-refractivity contribution in [2.24, 2.45) is 0 Å². The van der Waals surface area contributed by atoms with Crippen molar-refractivity contribution in [3.05, 3.63) is 42.8 Å². The van der Waals surface area contributed by atoms with Crippen molar-refractivity contribution >= 4 is 5.95 Å². The van der Waals surface area contributed by atoms with Gasteiger partial charge in [0.2, 0.25) is 5.95 Å². The second-order valence-electron chi connectivity index (χ2n) is 5.62. The van der Waals surface area contributed by atoms with Crippen molar-refractivity contribution in [3.8, 4) is 22.8 Å². The van der Waals surface area contributed by atoms with Crippen LogP contribution in [0.5, 0.6) is 0 Å². The van der Waals surface area contributed by atoms with E-state index in [0.29, 0.717) is 18.2 Å². The van der Waals surface area contributed by atoms with Crippen LogP contribution in [0.15, 0.2) is 47.3 Å². The zero-order chi connectivity index (χ0) is 16.2. The number of nitrogens with one attached hydrogen (secondary N) is 1. The second kappa shape index (κ2) is 6.76. The van der Waals surface area contributed by atoms with Gasteiger partial charge in [0.25, 0.3) is 0 Å². The Balaban J connectivity index is 1.58. The molecule has 3 aromatic heterocycles. The first-order chi connectivity index (χ1) is 11.9. The highest BCUT2D eigenvalue weighted by Gasteiger charge is 2.15. The Labute approximate surface area is 139 Å². The molecular weight excluding hydrogens is 306 g/mol. The summed E-state index contributed by atoms with van der Waals surface area (Å²) in [5.41, 5.74) is 2.97. The number of hydrogen-bond donors (Lipinski definition) is 1. The highest BCUT2D eigenvalue weighted by molar-refractivity contribution is 5.61. The average Bonchev–Trinajstić information content (AvgIpc) is 3.18. The summed E-state index contributed by atoms with van der Waals surface area (Å²) in [5.74, 6) is 0.594. The third kappa shape index (κ3) is 3.26. The van der Waals surface area contributed by atoms with E-state index < -0.39 is 0 Å². The van der Waals surface area contributed by atoms with Crippen LogP contribution in [0.25, 0.3) is 22.8 Å². The Morgan fingerprint density at radius 3 is 2.67 bits per heavy atom. The van der Waals surface area contributed by atoms with E-state index in [4.69, 9.17) is 9.26 Å². The monoisotopic (exact) mass is 323 g/mol. The smallest absolute Gasteiger partial charge is 0.223 e. The zero-order valence-corrected chi connectivity index (χ0v) is 13.1. The standard InChI is InChI=1S/C17H17N5O2/c1-4-13(20-14(5-1)16-7-10-24-22-16)15-6-8-18-17(21-15)19-12-3-2-9-23-11-12/h1,4-8,10,12H,2-3,9,11H2,(H,18,19,21)/t12-/m1/s1. The lowest BCUT2D eigenvalue weighted by Gasteiger charge is -2.23. The van der Waals surface area contributed by atoms with Gasteiger partial charge in [-0.2, -0.15) is 0 Å². The summed E-state index contributed by atoms with van der Waals surface area (Å²) in [7, 11) is 0. The fourth-order valence-corrected chi connectivity index (χ4v) is 2.67. The first-order valence-corrected chi connectivity index (χ1v) is 7.94. The van der Waals surface area contributed by atoms with Gasteiger partial charge in [-0.25, -0.2) is 15.0 Å². The SMILES string of the molecule is c1cc(-c2ccon2)nc(-c2ccnc(N[C@@H]3CCCOC3)n2)c1. The molecule has 24 heavy (non-hydrogen) atoms. The predicted octanol–water partition coefficient (Wildman–Crippen LogP) is 2.78. The van der Waals surface area contributed by atoms with Gasteiger partial charge in [-0.3, -0.25) is 0 Å². The number of rotatable bonds is 4. The van der Waals surface area contributed by atoms with E-state index in [2.05, 4.69) is 25.4 Å². The van der Waals surface area contributed by atoms with Crippen LogP contribution in [0.3, 0.4) is 0 Å². The van der Waals surface area contributed by atoms with Gasteiger partial charge >= 0.3 is 0 Å². The molecule has 4 rings (SSSR count). The first kappa shape index (κ1) is 14.8. The van der Waals surface area contributed by atoms with Crippen molar-refractivity contribution in [1.82, 2.24) is 20.1 Å². The quantitative estimate of drug-likeness (QED) is 0.790. The molecule has 1 aliphatic heterocycles. The molecule has 7 heteroatoms. The molecular formula is C17H17N5O2. The van der Waals surface area contributed by atoms with Gasteiger partial charge in [-0.15, -0.1) is 0 Å². The fraction of sp³-hybridized carbons (Fsp3) is 0.294. The summed E-state index contributed by atoms with van der Waals surface area (Å²) in [5, 5.41) is 7.25. The van der Waals surface area contributed by atoms with E-state index in [9.17, 15) is 0 Å². The number of nitrogens with zero attached hydrogens (tertiary/aromatic N) is 4. The Morgan fingerprint density at radius 2 is 1.88 bits per heavy atom. The molecule has 4 heterocycles. The maximum absolute atomic E-state index is 5.48. The molecule has 0 amide bonds. The molecule has 1 aliphatic rings. The molecule has 0 saturated carbocycles. The minimum absolute atomic E-state index is 0.253. The van der Waals surface area contributed by atoms with E-state index in [1.807, 2.05) is 24.3 Å². The molecule has 0 aromatic carbocycles. The first-order valence-electron chi connectivity index (χ1n) is 7.94. The van der Waals surface area contributed by atoms with Crippen molar-refractivity contribution in [2.45, 2.75) is 18.9 Å². The van der Waals surface area contributed by atoms with Gasteiger partial charge in [-0.05, 0) is 31.0 Å². The van der Waals surface area contributed by atoms with Crippen LogP contribution in [0.4, 0.5) is 5.95 Å². The molecule has 1 N–H and O–H groups in total. The van der Waals surface area contributed by atoms with E-state index in [0.717, 1.165) is 36.5 Å². The molecule has 0 spiro atoms. The van der Waals surface area contributed by atoms with Crippen LogP contribution in [0, 0.1) is 0 Å². The van der Waals surface area contributed by atoms with E-state index in [1.54, 1.807) is 12.3 Å². The Bertz CT molecular complexity index is 800. The number of anilines is 1. The summed E-state index contributed by atoms with van der Waals surface area (Å²) < 4.78 is 10.4. The lowest BCUT2D eigenvalue weighted by molar-refractivity contribution is 0.0874. The molecule has 122 valence electrons. The van der Waals surface area contributed by atoms with E-state index in [-0.39, 0.29) is 6.04 Å². The van der Waals surface area contributed by atoms with Crippen molar-refractivity contribution in [1.29, 1.82) is 0 Å². The lowest BCUT2D eigenvalue weighted by atomic mass is 10.1. The van der Waals surface area contributed by atoms with Crippen LogP contribution in [-0.4, -0.2) is 39.4 Å². The van der Waals surface area contributed by atoms with Gasteiger partial charge in [0.05, 0.1) is 29.7 Å². The van der Waals surface area contributed by atoms with Crippen LogP contribution in [-0.2, 0) is 4.74 Å². The third-order valence-corrected chi connectivity index (χ3v) is 3.86. The van der Waals surface area contributed by atoms with Crippen LogP contribution in [0.2, 0.25) is 0 Å². The molecule has 1 atom stereocenters. The zero-order valence-electron chi connectivity index (χ0n) is 13.1. The van der Waals surface area contributed by atoms with Gasteiger partial charge < -0.3 is 14.6 Å². The van der Waals surface area contributed by atoms with Crippen molar-refractivity contribution in [2.75, 3.05) is 18.5 Å². The molecule has 3 aromatic rings. The van der Waals surface area contributed by atoms with Crippen molar-refractivity contribution < 1.29 is 9.26 Å². The topological polar surface area (TPSA) is 86.0 Å². The van der Waals surface area contributed by atoms with E-state index in [1.165, 1.54) is 6.26 Å². The largest absolute Gasteiger partial charge is 0.379 e. The molecule has 0 aliphatic carbocycles. The molecule has 1 saturated heterocycles. The van der Waals surface area contributed by atoms with Crippen LogP contribution < -0.4 is 5.32 Å². The fourth-order valence-electron chi connectivity index (χ4n) is 2.67. The van der Waals surface area contributed by atoms with Gasteiger partial charge in [0.15, 0.2) is 0 Å². The molecule has 7 nitrogen and oxygen atoms in total. The third-order valence-electron chi connectivity index (χ3n) is 3.86. The molecule has 1 fully saturated rings. The highest BCUT2D eigenvalue weighted by Crippen LogP contribution is 2.21. The summed E-state index contributed by atoms with van der Waals surface area (Å²) in [6, 6.07) is 9.61. The number of hydrogen-bond acceptors (Lipinski definition) is 7. The second-order valence-corrected chi connectivity index (χ2v) is 5.62. The van der Waals surface area contributed by atoms with Gasteiger partial charge in [-0.1, -0.05) is 11.2 Å². The summed E-state index contributed by atoms with van der Waals surface area (Å²) in [6.45, 7) is 1.52. The Hall–Kier alpha value is -2.80. The molecule has 0 bridgehead atoms. The van der Waals surface area contributed by atoms with E-state index >= 15 is 0 Å². The Kier molecular flexibility index (Phi) is 4.16. The summed E-state index contributed by atoms with van der Waals surface area (Å²) in [4.78, 5) is 13.5. The highest BCUT2D eigenvalue weighted by atomic mass is 16.5. The lowest BCUT2D eigenvalue weighted by Crippen LogP contribution is -2.30. The number of ether oxygens (including phenoxy) is 1. The average molecular weight is 323 g/mol. The van der Waals surface area contributed by atoms with Gasteiger partial charge in [0.1, 0.15) is 12.0 Å². The predicted molar refractivity (Wildman–Crippen MR) is 88.2 cm³/mol. The van der Waals surface area contributed by atoms with Crippen LogP contribution in [0.1, 0.15) is 12.8 Å². The maximum Gasteiger partial charge on any atom is 0.223 e. The molecule has 0 unspecified atom stereocenters. The molecule has 0 radical (unpaired) electrons. The minimum atomic E-state index is 0.253. The normalized spacial score (nSPS) is 17.6.